The summed E-state index contributed by atoms with van der Waals surface area (Å²) >= 11 is 1.85. The molecule has 0 radical (unpaired) electrons. The predicted octanol–water partition coefficient (Wildman–Crippen LogP) is 2.49. The third kappa shape index (κ3) is 8.20. The van der Waals surface area contributed by atoms with Crippen LogP contribution >= 0.6 is 11.8 Å². The van der Waals surface area contributed by atoms with Gasteiger partial charge in [0, 0.05) is 68.9 Å². The number of primary amides is 1. The zero-order chi connectivity index (χ0) is 27.8. The Morgan fingerprint density at radius 1 is 0.949 bits per heavy atom. The Hall–Kier alpha value is -3.08. The van der Waals surface area contributed by atoms with Gasteiger partial charge in [-0.15, -0.1) is 0 Å². The number of nitrogens with zero attached hydrogens (tertiary/aromatic N) is 3. The van der Waals surface area contributed by atoms with Crippen LogP contribution < -0.4 is 21.3 Å². The van der Waals surface area contributed by atoms with E-state index in [0.29, 0.717) is 6.54 Å². The average Bonchev–Trinajstić information content (AvgIpc) is 2.91. The van der Waals surface area contributed by atoms with Crippen molar-refractivity contribution in [3.05, 3.63) is 48.0 Å². The Bertz CT molecular complexity index is 1170. The Morgan fingerprint density at radius 2 is 1.64 bits per heavy atom. The number of nitrogens with two attached hydrogens (primary N) is 1. The Kier molecular flexibility index (Phi) is 10.2. The van der Waals surface area contributed by atoms with Gasteiger partial charge in [-0.3, -0.25) is 19.3 Å². The summed E-state index contributed by atoms with van der Waals surface area (Å²) in [6.45, 7) is 10.7. The standard InChI is InChI=1S/C29H40N6O3S/c1-21-8-10-27-25(20-21)35(24-6-3-4-7-26(24)39-27)14-5-13-33-16-18-34(19-17-33)15-12-31-29(38)23(32-22(2)36)9-11-28(30)37/h3-4,6-8,10,20,23H,5,9,11-19H2,1-2H3,(H2,30,37)(H,31,38)(H,32,36). The summed E-state index contributed by atoms with van der Waals surface area (Å²) < 4.78 is 0. The third-order valence-electron chi connectivity index (χ3n) is 7.20. The smallest absolute Gasteiger partial charge is 0.242 e. The van der Waals surface area contributed by atoms with E-state index in [1.165, 1.54) is 33.7 Å². The Labute approximate surface area is 235 Å². The van der Waals surface area contributed by atoms with Crippen LogP contribution in [0.3, 0.4) is 0 Å². The van der Waals surface area contributed by atoms with Gasteiger partial charge in [-0.1, -0.05) is 30.0 Å². The number of benzene rings is 2. The molecule has 0 aliphatic carbocycles. The zero-order valence-corrected chi connectivity index (χ0v) is 23.8. The van der Waals surface area contributed by atoms with E-state index < -0.39 is 11.9 Å². The van der Waals surface area contributed by atoms with Crippen molar-refractivity contribution in [2.24, 2.45) is 5.73 Å². The molecule has 3 amide bonds. The number of rotatable bonds is 12. The molecule has 39 heavy (non-hydrogen) atoms. The van der Waals surface area contributed by atoms with E-state index in [4.69, 9.17) is 5.73 Å². The number of carbonyl (C=O) groups excluding carboxylic acids is 3. The molecule has 2 heterocycles. The van der Waals surface area contributed by atoms with Crippen molar-refractivity contribution < 1.29 is 14.4 Å². The number of para-hydroxylation sites is 1. The lowest BCUT2D eigenvalue weighted by atomic mass is 10.1. The van der Waals surface area contributed by atoms with E-state index in [1.807, 2.05) is 11.8 Å². The molecule has 1 atom stereocenters. The normalized spacial score (nSPS) is 16.2. The Balaban J connectivity index is 1.19. The number of piperazine rings is 1. The number of nitrogens with one attached hydrogen (secondary N) is 2. The molecule has 2 aromatic rings. The zero-order valence-electron chi connectivity index (χ0n) is 22.9. The SMILES string of the molecule is CC(=O)NC(CCC(N)=O)C(=O)NCCN1CCN(CCCN2c3ccccc3Sc3ccc(C)cc32)CC1. The van der Waals surface area contributed by atoms with E-state index in [0.717, 1.165) is 52.2 Å². The molecular weight excluding hydrogens is 512 g/mol. The highest BCUT2D eigenvalue weighted by Gasteiger charge is 2.24. The van der Waals surface area contributed by atoms with E-state index in [9.17, 15) is 14.4 Å². The first-order valence-corrected chi connectivity index (χ1v) is 14.5. The average molecular weight is 553 g/mol. The van der Waals surface area contributed by atoms with Gasteiger partial charge in [0.15, 0.2) is 0 Å². The van der Waals surface area contributed by atoms with Crippen molar-refractivity contribution in [1.29, 1.82) is 0 Å². The van der Waals surface area contributed by atoms with Crippen molar-refractivity contribution in [1.82, 2.24) is 20.4 Å². The molecule has 4 rings (SSSR count). The van der Waals surface area contributed by atoms with Crippen LogP contribution in [0, 0.1) is 6.92 Å². The lowest BCUT2D eigenvalue weighted by Gasteiger charge is -2.36. The van der Waals surface area contributed by atoms with Gasteiger partial charge < -0.3 is 26.2 Å². The van der Waals surface area contributed by atoms with Crippen LogP contribution in [0.1, 0.15) is 31.7 Å². The molecule has 2 aromatic carbocycles. The number of hydrogen-bond donors (Lipinski definition) is 3. The molecule has 2 aliphatic rings. The molecule has 10 heteroatoms. The van der Waals surface area contributed by atoms with Gasteiger partial charge in [0.2, 0.25) is 17.7 Å². The lowest BCUT2D eigenvalue weighted by Crippen LogP contribution is -2.51. The van der Waals surface area contributed by atoms with Crippen molar-refractivity contribution in [3.63, 3.8) is 0 Å². The van der Waals surface area contributed by atoms with Gasteiger partial charge in [0.05, 0.1) is 11.4 Å². The molecule has 1 saturated heterocycles. The minimum absolute atomic E-state index is 0.0513. The van der Waals surface area contributed by atoms with Gasteiger partial charge in [-0.05, 0) is 56.1 Å². The van der Waals surface area contributed by atoms with Crippen LogP contribution in [-0.4, -0.2) is 85.9 Å². The maximum atomic E-state index is 12.5. The second kappa shape index (κ2) is 13.8. The number of anilines is 2. The fourth-order valence-electron chi connectivity index (χ4n) is 5.13. The maximum absolute atomic E-state index is 12.5. The maximum Gasteiger partial charge on any atom is 0.242 e. The molecule has 2 aliphatic heterocycles. The summed E-state index contributed by atoms with van der Waals surface area (Å²) in [5.74, 6) is -1.08. The van der Waals surface area contributed by atoms with Crippen LogP contribution in [0.25, 0.3) is 0 Å². The molecule has 210 valence electrons. The van der Waals surface area contributed by atoms with Crippen LogP contribution in [0.15, 0.2) is 52.3 Å². The Morgan fingerprint density at radius 3 is 2.36 bits per heavy atom. The fraction of sp³-hybridized carbons (Fsp3) is 0.483. The molecule has 9 nitrogen and oxygen atoms in total. The van der Waals surface area contributed by atoms with Crippen molar-refractivity contribution in [2.75, 3.05) is 57.3 Å². The van der Waals surface area contributed by atoms with Gasteiger partial charge >= 0.3 is 0 Å². The van der Waals surface area contributed by atoms with Crippen LogP contribution in [0.5, 0.6) is 0 Å². The largest absolute Gasteiger partial charge is 0.370 e. The summed E-state index contributed by atoms with van der Waals surface area (Å²) in [5, 5.41) is 5.50. The molecule has 1 unspecified atom stereocenters. The molecular formula is C29H40N6O3S. The third-order valence-corrected chi connectivity index (χ3v) is 8.33. The first-order valence-electron chi connectivity index (χ1n) is 13.7. The van der Waals surface area contributed by atoms with Crippen molar-refractivity contribution in [3.8, 4) is 0 Å². The molecule has 0 aromatic heterocycles. The highest BCUT2D eigenvalue weighted by atomic mass is 32.2. The highest BCUT2D eigenvalue weighted by molar-refractivity contribution is 7.99. The number of carbonyl (C=O) groups is 3. The first kappa shape index (κ1) is 28.9. The minimum atomic E-state index is -0.742. The molecule has 0 saturated carbocycles. The summed E-state index contributed by atoms with van der Waals surface area (Å²) in [6, 6.07) is 14.6. The van der Waals surface area contributed by atoms with Crippen molar-refractivity contribution in [2.45, 2.75) is 48.9 Å². The van der Waals surface area contributed by atoms with Crippen molar-refractivity contribution >= 4 is 40.9 Å². The topological polar surface area (TPSA) is 111 Å². The number of hydrogen-bond acceptors (Lipinski definition) is 7. The van der Waals surface area contributed by atoms with Crippen LogP contribution in [-0.2, 0) is 14.4 Å². The molecule has 0 bridgehead atoms. The summed E-state index contributed by atoms with van der Waals surface area (Å²) in [7, 11) is 0. The van der Waals surface area contributed by atoms with E-state index >= 15 is 0 Å². The predicted molar refractivity (Wildman–Crippen MR) is 155 cm³/mol. The number of amides is 3. The van der Waals surface area contributed by atoms with Gasteiger partial charge in [-0.25, -0.2) is 0 Å². The van der Waals surface area contributed by atoms with Gasteiger partial charge in [0.25, 0.3) is 0 Å². The lowest BCUT2D eigenvalue weighted by molar-refractivity contribution is -0.128. The highest BCUT2D eigenvalue weighted by Crippen LogP contribution is 2.48. The molecule has 1 fully saturated rings. The summed E-state index contributed by atoms with van der Waals surface area (Å²) in [5.41, 5.74) is 9.08. The second-order valence-electron chi connectivity index (χ2n) is 10.3. The van der Waals surface area contributed by atoms with Crippen LogP contribution in [0.2, 0.25) is 0 Å². The molecule has 0 spiro atoms. The number of aryl methyl sites for hydroxylation is 1. The van der Waals surface area contributed by atoms with E-state index in [-0.39, 0.29) is 24.7 Å². The summed E-state index contributed by atoms with van der Waals surface area (Å²) in [6.07, 6.45) is 1.33. The quantitative estimate of drug-likeness (QED) is 0.371. The fourth-order valence-corrected chi connectivity index (χ4v) is 6.21. The van der Waals surface area contributed by atoms with Gasteiger partial charge in [0.1, 0.15) is 6.04 Å². The summed E-state index contributed by atoms with van der Waals surface area (Å²) in [4.78, 5) is 45.0. The first-order chi connectivity index (χ1) is 18.8. The van der Waals surface area contributed by atoms with Crippen LogP contribution in [0.4, 0.5) is 11.4 Å². The van der Waals surface area contributed by atoms with E-state index in [1.54, 1.807) is 0 Å². The molecule has 4 N–H and O–H groups in total. The monoisotopic (exact) mass is 552 g/mol. The number of fused-ring (bicyclic) bond motifs is 2. The second-order valence-corrected chi connectivity index (χ2v) is 11.4. The minimum Gasteiger partial charge on any atom is -0.370 e. The van der Waals surface area contributed by atoms with Gasteiger partial charge in [-0.2, -0.15) is 0 Å². The van der Waals surface area contributed by atoms with E-state index in [2.05, 4.69) is 74.7 Å².